The fourth-order valence-electron chi connectivity index (χ4n) is 9.61. The minimum absolute atomic E-state index is 0.190. The summed E-state index contributed by atoms with van der Waals surface area (Å²) in [5, 5.41) is 54.1. The quantitative estimate of drug-likeness (QED) is 0.0261. The van der Waals surface area contributed by atoms with E-state index in [9.17, 15) is 30.3 Å². The summed E-state index contributed by atoms with van der Waals surface area (Å²) in [5.74, 6) is -0.190. The van der Waals surface area contributed by atoms with Crippen LogP contribution in [0.1, 0.15) is 284 Å². The van der Waals surface area contributed by atoms with E-state index in [1.54, 1.807) is 6.08 Å². The Morgan fingerprint density at radius 1 is 0.507 bits per heavy atom. The summed E-state index contributed by atoms with van der Waals surface area (Å²) in [7, 11) is 0. The van der Waals surface area contributed by atoms with Gasteiger partial charge < -0.3 is 40.3 Å². The average Bonchev–Trinajstić information content (AvgIpc) is 3.35. The highest BCUT2D eigenvalue weighted by atomic mass is 16.7. The number of rotatable bonds is 51. The van der Waals surface area contributed by atoms with Crippen molar-refractivity contribution in [2.45, 2.75) is 326 Å². The summed E-state index contributed by atoms with van der Waals surface area (Å²) in [4.78, 5) is 13.0. The van der Waals surface area contributed by atoms with Gasteiger partial charge in [0.2, 0.25) is 5.91 Å². The minimum Gasteiger partial charge on any atom is -0.394 e. The van der Waals surface area contributed by atoms with Crippen molar-refractivity contribution in [1.29, 1.82) is 0 Å². The van der Waals surface area contributed by atoms with Crippen LogP contribution < -0.4 is 5.32 Å². The molecule has 0 radical (unpaired) electrons. The van der Waals surface area contributed by atoms with E-state index < -0.39 is 49.5 Å². The van der Waals surface area contributed by atoms with Crippen LogP contribution in [0, 0.1) is 0 Å². The predicted octanol–water partition coefficient (Wildman–Crippen LogP) is 14.7. The molecular weight excluding hydrogens is 863 g/mol. The molecular formula is C60H113NO8. The van der Waals surface area contributed by atoms with Gasteiger partial charge in [0.1, 0.15) is 24.4 Å². The van der Waals surface area contributed by atoms with E-state index in [-0.39, 0.29) is 12.5 Å². The smallest absolute Gasteiger partial charge is 0.220 e. The van der Waals surface area contributed by atoms with E-state index >= 15 is 0 Å². The van der Waals surface area contributed by atoms with Crippen molar-refractivity contribution < 1.29 is 39.8 Å². The summed E-state index contributed by atoms with van der Waals surface area (Å²) in [5.41, 5.74) is 0. The molecule has 0 aromatic rings. The lowest BCUT2D eigenvalue weighted by Gasteiger charge is -2.40. The van der Waals surface area contributed by atoms with Crippen molar-refractivity contribution in [3.05, 3.63) is 36.5 Å². The Balaban J connectivity index is 1.99. The third kappa shape index (κ3) is 39.6. The van der Waals surface area contributed by atoms with E-state index in [1.165, 1.54) is 218 Å². The number of nitrogens with one attached hydrogen (secondary N) is 1. The molecule has 6 N–H and O–H groups in total. The fourth-order valence-corrected chi connectivity index (χ4v) is 9.61. The highest BCUT2D eigenvalue weighted by Gasteiger charge is 2.44. The summed E-state index contributed by atoms with van der Waals surface area (Å²) in [6, 6.07) is -0.824. The number of carbonyl (C=O) groups is 1. The van der Waals surface area contributed by atoms with Crippen LogP contribution >= 0.6 is 0 Å². The number of hydrogen-bond donors (Lipinski definition) is 6. The number of carbonyl (C=O) groups excluding carboxylic acids is 1. The number of amides is 1. The molecule has 0 bridgehead atoms. The first-order chi connectivity index (χ1) is 33.8. The van der Waals surface area contributed by atoms with Gasteiger partial charge in [0, 0.05) is 6.42 Å². The van der Waals surface area contributed by atoms with E-state index in [0.29, 0.717) is 6.42 Å². The lowest BCUT2D eigenvalue weighted by Crippen LogP contribution is -2.60. The second-order valence-electron chi connectivity index (χ2n) is 20.8. The standard InChI is InChI=1S/C60H113NO8/c1-3-5-7-9-11-13-14-15-16-17-18-19-20-21-22-23-24-25-26-27-28-29-30-31-32-33-34-35-36-37-38-39-40-42-44-46-48-50-56(64)61-53(54(63)49-47-45-43-41-12-10-8-6-4-2)52-68-60-59(67)58(66)57(65)55(51-62)69-60/h4,6,12,41,47,49,53-55,57-60,62-63,65-67H,3,5,7-11,13-40,42-46,48,50-52H2,1-2H3,(H,61,64)/b6-4+,41-12+,49-47+. The van der Waals surface area contributed by atoms with E-state index in [4.69, 9.17) is 9.47 Å². The number of ether oxygens (including phenoxy) is 2. The summed E-state index contributed by atoms with van der Waals surface area (Å²) in [6.07, 6.45) is 58.7. The Labute approximate surface area is 425 Å². The van der Waals surface area contributed by atoms with Crippen LogP contribution in [0.2, 0.25) is 0 Å². The highest BCUT2D eigenvalue weighted by Crippen LogP contribution is 2.23. The maximum Gasteiger partial charge on any atom is 0.220 e. The van der Waals surface area contributed by atoms with Gasteiger partial charge in [0.05, 0.1) is 25.4 Å². The molecule has 0 aromatic carbocycles. The zero-order chi connectivity index (χ0) is 50.1. The van der Waals surface area contributed by atoms with Crippen molar-refractivity contribution in [3.63, 3.8) is 0 Å². The number of aliphatic hydroxyl groups excluding tert-OH is 5. The summed E-state index contributed by atoms with van der Waals surface area (Å²) in [6.45, 7) is 3.54. The van der Waals surface area contributed by atoms with Gasteiger partial charge in [-0.3, -0.25) is 4.79 Å². The molecule has 1 aliphatic rings. The van der Waals surface area contributed by atoms with Gasteiger partial charge in [-0.15, -0.1) is 0 Å². The molecule has 1 rings (SSSR count). The number of unbranched alkanes of at least 4 members (excludes halogenated alkanes) is 38. The summed E-state index contributed by atoms with van der Waals surface area (Å²) < 4.78 is 11.2. The van der Waals surface area contributed by atoms with Gasteiger partial charge in [0.15, 0.2) is 6.29 Å². The van der Waals surface area contributed by atoms with Gasteiger partial charge in [0.25, 0.3) is 0 Å². The van der Waals surface area contributed by atoms with Gasteiger partial charge in [-0.05, 0) is 39.0 Å². The van der Waals surface area contributed by atoms with Crippen molar-refractivity contribution in [2.24, 2.45) is 0 Å². The molecule has 7 unspecified atom stereocenters. The normalized spacial score (nSPS) is 19.7. The van der Waals surface area contributed by atoms with E-state index in [0.717, 1.165) is 44.9 Å². The second kappa shape index (κ2) is 50.0. The van der Waals surface area contributed by atoms with Gasteiger partial charge in [-0.1, -0.05) is 275 Å². The molecule has 9 nitrogen and oxygen atoms in total. The van der Waals surface area contributed by atoms with Crippen molar-refractivity contribution >= 4 is 5.91 Å². The SMILES string of the molecule is C/C=C/CC/C=C/CC/C=C/C(O)C(COC1OC(CO)C(O)C(O)C1O)NC(=O)CCCCCCCCCCCCCCCCCCCCCCCCCCCCCCCCCCCCCCC. The van der Waals surface area contributed by atoms with Crippen LogP contribution in [0.3, 0.4) is 0 Å². The fraction of sp³-hybridized carbons (Fsp3) is 0.883. The van der Waals surface area contributed by atoms with Crippen LogP contribution in [0.25, 0.3) is 0 Å². The molecule has 0 aromatic heterocycles. The molecule has 406 valence electrons. The maximum absolute atomic E-state index is 13.0. The predicted molar refractivity (Wildman–Crippen MR) is 290 cm³/mol. The Hall–Kier alpha value is -1.59. The maximum atomic E-state index is 13.0. The van der Waals surface area contributed by atoms with Gasteiger partial charge in [-0.2, -0.15) is 0 Å². The Bertz CT molecular complexity index is 1180. The third-order valence-electron chi connectivity index (χ3n) is 14.3. The molecule has 0 spiro atoms. The average molecular weight is 977 g/mol. The zero-order valence-corrected chi connectivity index (χ0v) is 45.1. The molecule has 1 amide bonds. The second-order valence-corrected chi connectivity index (χ2v) is 20.8. The van der Waals surface area contributed by atoms with Crippen LogP contribution in [0.5, 0.6) is 0 Å². The lowest BCUT2D eigenvalue weighted by atomic mass is 9.99. The van der Waals surface area contributed by atoms with E-state index in [2.05, 4.69) is 30.5 Å². The van der Waals surface area contributed by atoms with Crippen molar-refractivity contribution in [2.75, 3.05) is 13.2 Å². The number of hydrogen-bond acceptors (Lipinski definition) is 8. The monoisotopic (exact) mass is 976 g/mol. The molecule has 1 saturated heterocycles. The van der Waals surface area contributed by atoms with Crippen LogP contribution in [-0.2, 0) is 14.3 Å². The molecule has 1 heterocycles. The van der Waals surface area contributed by atoms with Crippen LogP contribution in [0.15, 0.2) is 36.5 Å². The van der Waals surface area contributed by atoms with Crippen molar-refractivity contribution in [1.82, 2.24) is 5.32 Å². The first-order valence-electron chi connectivity index (χ1n) is 29.7. The summed E-state index contributed by atoms with van der Waals surface area (Å²) >= 11 is 0. The Morgan fingerprint density at radius 2 is 0.855 bits per heavy atom. The first-order valence-corrected chi connectivity index (χ1v) is 29.7. The molecule has 9 heteroatoms. The largest absolute Gasteiger partial charge is 0.394 e. The molecule has 1 aliphatic heterocycles. The van der Waals surface area contributed by atoms with E-state index in [1.807, 2.05) is 19.1 Å². The minimum atomic E-state index is -1.57. The van der Waals surface area contributed by atoms with Crippen LogP contribution in [-0.4, -0.2) is 87.5 Å². The van der Waals surface area contributed by atoms with Gasteiger partial charge >= 0.3 is 0 Å². The van der Waals surface area contributed by atoms with Crippen LogP contribution in [0.4, 0.5) is 0 Å². The third-order valence-corrected chi connectivity index (χ3v) is 14.3. The highest BCUT2D eigenvalue weighted by molar-refractivity contribution is 5.76. The van der Waals surface area contributed by atoms with Crippen molar-refractivity contribution in [3.8, 4) is 0 Å². The molecule has 0 aliphatic carbocycles. The molecule has 7 atom stereocenters. The number of allylic oxidation sites excluding steroid dienone is 5. The topological polar surface area (TPSA) is 149 Å². The molecule has 69 heavy (non-hydrogen) atoms. The molecule has 0 saturated carbocycles. The Morgan fingerprint density at radius 3 is 1.22 bits per heavy atom. The molecule has 1 fully saturated rings. The lowest BCUT2D eigenvalue weighted by molar-refractivity contribution is -0.302. The number of aliphatic hydroxyl groups is 5. The zero-order valence-electron chi connectivity index (χ0n) is 45.1. The first kappa shape index (κ1) is 65.4. The Kier molecular flexibility index (Phi) is 47.4. The van der Waals surface area contributed by atoms with Gasteiger partial charge in [-0.25, -0.2) is 0 Å².